The van der Waals surface area contributed by atoms with Gasteiger partial charge in [-0.05, 0) is 39.0 Å². The van der Waals surface area contributed by atoms with Crippen molar-refractivity contribution in [2.45, 2.75) is 26.8 Å². The summed E-state index contributed by atoms with van der Waals surface area (Å²) < 4.78 is 11.4. The Labute approximate surface area is 124 Å². The van der Waals surface area contributed by atoms with Gasteiger partial charge in [0, 0.05) is 6.04 Å². The smallest absolute Gasteiger partial charge is 0.137 e. The number of rotatable bonds is 3. The van der Waals surface area contributed by atoms with E-state index in [9.17, 15) is 0 Å². The summed E-state index contributed by atoms with van der Waals surface area (Å²) in [6, 6.07) is 3.82. The molecule has 2 N–H and O–H groups in total. The summed E-state index contributed by atoms with van der Waals surface area (Å²) in [7, 11) is 3.26. The average molecular weight is 339 g/mol. The summed E-state index contributed by atoms with van der Waals surface area (Å²) in [6.45, 7) is 6.33. The molecule has 0 unspecified atom stereocenters. The third kappa shape index (κ3) is 3.77. The summed E-state index contributed by atoms with van der Waals surface area (Å²) in [6.07, 6.45) is 0. The molecule has 0 bridgehead atoms. The van der Waals surface area contributed by atoms with Crippen molar-refractivity contribution in [3.8, 4) is 11.5 Å². The Kier molecular flexibility index (Phi) is 6.47. The van der Waals surface area contributed by atoms with Crippen molar-refractivity contribution < 1.29 is 9.47 Å². The maximum atomic E-state index is 6.24. The topological polar surface area (TPSA) is 44.5 Å². The molecule has 1 atom stereocenters. The Morgan fingerprint density at radius 1 is 1.11 bits per heavy atom. The molecule has 0 heterocycles. The first-order valence-electron chi connectivity index (χ1n) is 5.48. The number of hydrogen-bond donors (Lipinski definition) is 1. The van der Waals surface area contributed by atoms with Crippen LogP contribution in [0.5, 0.6) is 11.5 Å². The Morgan fingerprint density at radius 3 is 1.78 bits per heavy atom. The molecule has 1 aromatic carbocycles. The molecule has 0 amide bonds. The van der Waals surface area contributed by atoms with Crippen molar-refractivity contribution in [1.82, 2.24) is 0 Å². The predicted molar refractivity (Wildman–Crippen MR) is 80.9 cm³/mol. The lowest BCUT2D eigenvalue weighted by Gasteiger charge is -2.28. The lowest BCUT2D eigenvalue weighted by Crippen LogP contribution is -2.26. The normalized spacial score (nSPS) is 12.6. The Bertz CT molecular complexity index is 379. The highest BCUT2D eigenvalue weighted by Gasteiger charge is 2.24. The Hall–Kier alpha value is -0.450. The second-order valence-corrected chi connectivity index (χ2v) is 5.88. The minimum Gasteiger partial charge on any atom is -0.495 e. The minimum absolute atomic E-state index is 0. The van der Waals surface area contributed by atoms with Crippen molar-refractivity contribution in [2.24, 2.45) is 11.1 Å². The van der Waals surface area contributed by atoms with E-state index in [1.807, 2.05) is 12.1 Å². The van der Waals surface area contributed by atoms with Crippen LogP contribution in [0.1, 0.15) is 32.4 Å². The number of methoxy groups -OCH3 is 2. The van der Waals surface area contributed by atoms with Crippen LogP contribution >= 0.6 is 28.3 Å². The maximum Gasteiger partial charge on any atom is 0.137 e. The van der Waals surface area contributed by atoms with Crippen LogP contribution in [0.3, 0.4) is 0 Å². The van der Waals surface area contributed by atoms with Gasteiger partial charge < -0.3 is 15.2 Å². The number of benzene rings is 1. The largest absolute Gasteiger partial charge is 0.495 e. The SMILES string of the molecule is COc1cc([C@@H](N)C(C)(C)C)cc(OC)c1Br.Cl. The van der Waals surface area contributed by atoms with Gasteiger partial charge in [0.05, 0.1) is 14.2 Å². The fourth-order valence-electron chi connectivity index (χ4n) is 1.57. The lowest BCUT2D eigenvalue weighted by molar-refractivity contribution is 0.323. The number of nitrogens with two attached hydrogens (primary N) is 1. The van der Waals surface area contributed by atoms with Crippen LogP contribution in [0, 0.1) is 5.41 Å². The molecular formula is C13H21BrClNO2. The van der Waals surface area contributed by atoms with Gasteiger partial charge in [-0.25, -0.2) is 0 Å². The van der Waals surface area contributed by atoms with Crippen LogP contribution in [0.15, 0.2) is 16.6 Å². The second kappa shape index (κ2) is 6.64. The van der Waals surface area contributed by atoms with Crippen molar-refractivity contribution in [1.29, 1.82) is 0 Å². The van der Waals surface area contributed by atoms with Crippen molar-refractivity contribution in [3.63, 3.8) is 0 Å². The van der Waals surface area contributed by atoms with Gasteiger partial charge in [0.1, 0.15) is 16.0 Å². The van der Waals surface area contributed by atoms with Gasteiger partial charge in [-0.3, -0.25) is 0 Å². The summed E-state index contributed by atoms with van der Waals surface area (Å²) in [5.74, 6) is 1.47. The summed E-state index contributed by atoms with van der Waals surface area (Å²) >= 11 is 3.44. The van der Waals surface area contributed by atoms with Gasteiger partial charge in [0.2, 0.25) is 0 Å². The van der Waals surface area contributed by atoms with E-state index in [2.05, 4.69) is 36.7 Å². The molecule has 0 fully saturated rings. The molecule has 5 heteroatoms. The van der Waals surface area contributed by atoms with E-state index in [0.717, 1.165) is 21.5 Å². The van der Waals surface area contributed by atoms with E-state index < -0.39 is 0 Å². The highest BCUT2D eigenvalue weighted by Crippen LogP contribution is 2.40. The molecule has 0 radical (unpaired) electrons. The van der Waals surface area contributed by atoms with Gasteiger partial charge in [-0.15, -0.1) is 12.4 Å². The molecule has 1 rings (SSSR count). The molecule has 18 heavy (non-hydrogen) atoms. The third-order valence-corrected chi connectivity index (χ3v) is 3.54. The molecule has 0 spiro atoms. The van der Waals surface area contributed by atoms with Crippen LogP contribution in [0.4, 0.5) is 0 Å². The average Bonchev–Trinajstić information content (AvgIpc) is 2.27. The molecule has 0 aliphatic carbocycles. The van der Waals surface area contributed by atoms with Gasteiger partial charge in [-0.1, -0.05) is 20.8 Å². The van der Waals surface area contributed by atoms with Crippen molar-refractivity contribution in [3.05, 3.63) is 22.2 Å². The Morgan fingerprint density at radius 2 is 1.50 bits per heavy atom. The first-order valence-corrected chi connectivity index (χ1v) is 6.27. The fraction of sp³-hybridized carbons (Fsp3) is 0.538. The minimum atomic E-state index is -0.0709. The standard InChI is InChI=1S/C13H20BrNO2.ClH/c1-13(2,3)12(15)8-6-9(16-4)11(14)10(7-8)17-5;/h6-7,12H,15H2,1-5H3;1H/t12-;/m1./s1. The molecule has 3 nitrogen and oxygen atoms in total. The van der Waals surface area contributed by atoms with Crippen LogP contribution in [-0.4, -0.2) is 14.2 Å². The van der Waals surface area contributed by atoms with Crippen LogP contribution in [-0.2, 0) is 0 Å². The molecule has 0 aromatic heterocycles. The zero-order valence-corrected chi connectivity index (χ0v) is 13.8. The number of ether oxygens (including phenoxy) is 2. The van der Waals surface area contributed by atoms with E-state index in [4.69, 9.17) is 15.2 Å². The van der Waals surface area contributed by atoms with E-state index in [0.29, 0.717) is 0 Å². The molecule has 0 aliphatic heterocycles. The van der Waals surface area contributed by atoms with Gasteiger partial charge >= 0.3 is 0 Å². The molecular weight excluding hydrogens is 318 g/mol. The van der Waals surface area contributed by atoms with E-state index in [-0.39, 0.29) is 23.9 Å². The van der Waals surface area contributed by atoms with Gasteiger partial charge in [-0.2, -0.15) is 0 Å². The van der Waals surface area contributed by atoms with Crippen LogP contribution < -0.4 is 15.2 Å². The maximum absolute atomic E-state index is 6.24. The van der Waals surface area contributed by atoms with Crippen molar-refractivity contribution >= 4 is 28.3 Å². The highest BCUT2D eigenvalue weighted by molar-refractivity contribution is 9.10. The van der Waals surface area contributed by atoms with E-state index >= 15 is 0 Å². The fourth-order valence-corrected chi connectivity index (χ4v) is 2.12. The molecule has 104 valence electrons. The zero-order valence-electron chi connectivity index (χ0n) is 11.4. The third-order valence-electron chi connectivity index (χ3n) is 2.76. The van der Waals surface area contributed by atoms with E-state index in [1.54, 1.807) is 14.2 Å². The first-order chi connectivity index (χ1) is 7.81. The van der Waals surface area contributed by atoms with E-state index in [1.165, 1.54) is 0 Å². The summed E-state index contributed by atoms with van der Waals surface area (Å²) in [4.78, 5) is 0. The molecule has 0 saturated heterocycles. The van der Waals surface area contributed by atoms with Gasteiger partial charge in [0.15, 0.2) is 0 Å². The molecule has 1 aromatic rings. The molecule has 0 saturated carbocycles. The van der Waals surface area contributed by atoms with Crippen LogP contribution in [0.25, 0.3) is 0 Å². The summed E-state index contributed by atoms with van der Waals surface area (Å²) in [5.41, 5.74) is 7.24. The van der Waals surface area contributed by atoms with Gasteiger partial charge in [0.25, 0.3) is 0 Å². The second-order valence-electron chi connectivity index (χ2n) is 5.08. The van der Waals surface area contributed by atoms with Crippen molar-refractivity contribution in [2.75, 3.05) is 14.2 Å². The Balaban J connectivity index is 0.00000289. The van der Waals surface area contributed by atoms with Crippen LogP contribution in [0.2, 0.25) is 0 Å². The monoisotopic (exact) mass is 337 g/mol. The number of hydrogen-bond acceptors (Lipinski definition) is 3. The number of halogens is 2. The first kappa shape index (κ1) is 17.6. The highest BCUT2D eigenvalue weighted by atomic mass is 79.9. The lowest BCUT2D eigenvalue weighted by atomic mass is 9.83. The summed E-state index contributed by atoms with van der Waals surface area (Å²) in [5, 5.41) is 0. The molecule has 0 aliphatic rings. The predicted octanol–water partition coefficient (Wildman–Crippen LogP) is 3.93. The quantitative estimate of drug-likeness (QED) is 0.908. The zero-order chi connectivity index (χ0) is 13.2.